The molecule has 2 saturated heterocycles. The Labute approximate surface area is 91.0 Å². The lowest BCUT2D eigenvalue weighted by Crippen LogP contribution is -2.57. The van der Waals surface area contributed by atoms with Crippen molar-refractivity contribution in [1.82, 2.24) is 0 Å². The first-order chi connectivity index (χ1) is 7.10. The fourth-order valence-corrected chi connectivity index (χ4v) is 3.81. The number of rotatable bonds is 3. The first-order valence-electron chi connectivity index (χ1n) is 6.18. The quantitative estimate of drug-likeness (QED) is 0.733. The molecule has 0 aromatic heterocycles. The zero-order valence-electron chi connectivity index (χ0n) is 9.41. The lowest BCUT2D eigenvalue weighted by molar-refractivity contribution is -0.113. The van der Waals surface area contributed by atoms with Crippen LogP contribution in [0.15, 0.2) is 0 Å². The van der Waals surface area contributed by atoms with Gasteiger partial charge in [0.2, 0.25) is 0 Å². The molecule has 3 aliphatic rings. The summed E-state index contributed by atoms with van der Waals surface area (Å²) in [6.07, 6.45) is 6.11. The van der Waals surface area contributed by atoms with Gasteiger partial charge >= 0.3 is 0 Å². The Hall–Kier alpha value is -0.120. The van der Waals surface area contributed by atoms with E-state index in [4.69, 9.17) is 10.5 Å². The van der Waals surface area contributed by atoms with E-state index in [2.05, 4.69) is 0 Å². The van der Waals surface area contributed by atoms with Crippen molar-refractivity contribution in [3.05, 3.63) is 0 Å². The number of fused-ring (bicyclic) bond motifs is 2. The summed E-state index contributed by atoms with van der Waals surface area (Å²) < 4.78 is 5.90. The average molecular weight is 211 g/mol. The Morgan fingerprint density at radius 1 is 1.40 bits per heavy atom. The van der Waals surface area contributed by atoms with Crippen LogP contribution in [0.25, 0.3) is 0 Å². The van der Waals surface area contributed by atoms with E-state index in [0.717, 1.165) is 32.1 Å². The predicted molar refractivity (Wildman–Crippen MR) is 57.3 cm³/mol. The number of ether oxygens (including phenoxy) is 1. The molecule has 3 nitrogen and oxygen atoms in total. The van der Waals surface area contributed by atoms with Gasteiger partial charge in [0.05, 0.1) is 17.8 Å². The molecule has 2 heterocycles. The fourth-order valence-electron chi connectivity index (χ4n) is 3.81. The second-order valence-electron chi connectivity index (χ2n) is 5.81. The number of aliphatic hydroxyl groups is 1. The summed E-state index contributed by atoms with van der Waals surface area (Å²) in [7, 11) is 0. The molecule has 1 saturated carbocycles. The van der Waals surface area contributed by atoms with E-state index in [-0.39, 0.29) is 11.5 Å². The highest BCUT2D eigenvalue weighted by Crippen LogP contribution is 2.59. The highest BCUT2D eigenvalue weighted by atomic mass is 16.5. The maximum Gasteiger partial charge on any atom is 0.0741 e. The van der Waals surface area contributed by atoms with Gasteiger partial charge in [-0.25, -0.2) is 0 Å². The first-order valence-corrected chi connectivity index (χ1v) is 6.18. The smallest absolute Gasteiger partial charge is 0.0741 e. The maximum atomic E-state index is 10.8. The van der Waals surface area contributed by atoms with E-state index in [9.17, 15) is 5.11 Å². The molecule has 0 radical (unpaired) electrons. The van der Waals surface area contributed by atoms with Crippen molar-refractivity contribution in [2.75, 3.05) is 6.54 Å². The number of hydrogen-bond donors (Lipinski definition) is 2. The number of hydrogen-bond acceptors (Lipinski definition) is 3. The molecule has 0 aromatic carbocycles. The Morgan fingerprint density at radius 2 is 2.13 bits per heavy atom. The highest BCUT2D eigenvalue weighted by molar-refractivity contribution is 5.14. The molecular formula is C12H21NO2. The fraction of sp³-hybridized carbons (Fsp3) is 1.00. The van der Waals surface area contributed by atoms with Gasteiger partial charge < -0.3 is 15.6 Å². The minimum absolute atomic E-state index is 0.156. The van der Waals surface area contributed by atoms with Gasteiger partial charge in [0.15, 0.2) is 0 Å². The van der Waals surface area contributed by atoms with E-state index in [1.54, 1.807) is 0 Å². The molecule has 3 fully saturated rings. The van der Waals surface area contributed by atoms with Crippen LogP contribution >= 0.6 is 0 Å². The van der Waals surface area contributed by atoms with Crippen LogP contribution in [0, 0.1) is 11.3 Å². The summed E-state index contributed by atoms with van der Waals surface area (Å²) in [4.78, 5) is 0. The van der Waals surface area contributed by atoms with Crippen molar-refractivity contribution in [2.24, 2.45) is 17.1 Å². The van der Waals surface area contributed by atoms with Crippen molar-refractivity contribution in [1.29, 1.82) is 0 Å². The largest absolute Gasteiger partial charge is 0.389 e. The second kappa shape index (κ2) is 2.96. The molecule has 3 N–H and O–H groups in total. The molecule has 0 spiro atoms. The van der Waals surface area contributed by atoms with Crippen molar-refractivity contribution in [3.8, 4) is 0 Å². The van der Waals surface area contributed by atoms with Crippen molar-refractivity contribution >= 4 is 0 Å². The Morgan fingerprint density at radius 3 is 2.53 bits per heavy atom. The Balaban J connectivity index is 1.92. The Kier molecular flexibility index (Phi) is 1.99. The summed E-state index contributed by atoms with van der Waals surface area (Å²) in [5, 5.41) is 10.8. The van der Waals surface area contributed by atoms with Crippen LogP contribution in [0.3, 0.4) is 0 Å². The van der Waals surface area contributed by atoms with E-state index in [1.807, 2.05) is 6.92 Å². The van der Waals surface area contributed by atoms with Crippen molar-refractivity contribution in [3.63, 3.8) is 0 Å². The molecule has 4 unspecified atom stereocenters. The lowest BCUT2D eigenvalue weighted by Gasteiger charge is -2.46. The molecule has 2 bridgehead atoms. The van der Waals surface area contributed by atoms with Crippen LogP contribution in [0.1, 0.15) is 39.0 Å². The third-order valence-electron chi connectivity index (χ3n) is 5.06. The SMILES string of the molecule is CC(O)(C1CC1)C1(CN)CC2CCC1O2. The second-order valence-corrected chi connectivity index (χ2v) is 5.81. The van der Waals surface area contributed by atoms with Gasteiger partial charge in [-0.05, 0) is 44.9 Å². The van der Waals surface area contributed by atoms with E-state index < -0.39 is 5.60 Å². The summed E-state index contributed by atoms with van der Waals surface area (Å²) >= 11 is 0. The van der Waals surface area contributed by atoms with Crippen LogP contribution in [0.4, 0.5) is 0 Å². The van der Waals surface area contributed by atoms with Crippen LogP contribution in [0.2, 0.25) is 0 Å². The topological polar surface area (TPSA) is 55.5 Å². The van der Waals surface area contributed by atoms with Crippen molar-refractivity contribution < 1.29 is 9.84 Å². The minimum atomic E-state index is -0.610. The molecule has 3 heteroatoms. The van der Waals surface area contributed by atoms with Gasteiger partial charge in [0, 0.05) is 12.0 Å². The summed E-state index contributed by atoms with van der Waals surface area (Å²) in [6, 6.07) is 0. The molecule has 86 valence electrons. The molecule has 3 rings (SSSR count). The van der Waals surface area contributed by atoms with E-state index in [0.29, 0.717) is 18.6 Å². The molecular weight excluding hydrogens is 190 g/mol. The molecule has 15 heavy (non-hydrogen) atoms. The average Bonchev–Trinajstić information content (AvgIpc) is 2.90. The highest BCUT2D eigenvalue weighted by Gasteiger charge is 2.63. The van der Waals surface area contributed by atoms with E-state index in [1.165, 1.54) is 0 Å². The first kappa shape index (κ1) is 10.1. The van der Waals surface area contributed by atoms with Crippen LogP contribution in [0.5, 0.6) is 0 Å². The monoisotopic (exact) mass is 211 g/mol. The van der Waals surface area contributed by atoms with Crippen LogP contribution < -0.4 is 5.73 Å². The van der Waals surface area contributed by atoms with Crippen LogP contribution in [-0.2, 0) is 4.74 Å². The molecule has 4 atom stereocenters. The van der Waals surface area contributed by atoms with E-state index >= 15 is 0 Å². The molecule has 2 aliphatic heterocycles. The zero-order chi connectivity index (χ0) is 10.7. The van der Waals surface area contributed by atoms with Gasteiger partial charge in [0.1, 0.15) is 0 Å². The third-order valence-corrected chi connectivity index (χ3v) is 5.06. The minimum Gasteiger partial charge on any atom is -0.389 e. The lowest BCUT2D eigenvalue weighted by atomic mass is 9.62. The summed E-state index contributed by atoms with van der Waals surface area (Å²) in [5.74, 6) is 0.462. The summed E-state index contributed by atoms with van der Waals surface area (Å²) in [5.41, 5.74) is 5.20. The van der Waals surface area contributed by atoms with Gasteiger partial charge in [-0.2, -0.15) is 0 Å². The zero-order valence-corrected chi connectivity index (χ0v) is 9.41. The Bertz CT molecular complexity index is 275. The van der Waals surface area contributed by atoms with Gasteiger partial charge in [-0.15, -0.1) is 0 Å². The van der Waals surface area contributed by atoms with Gasteiger partial charge in [-0.3, -0.25) is 0 Å². The third kappa shape index (κ3) is 1.17. The maximum absolute atomic E-state index is 10.8. The summed E-state index contributed by atoms with van der Waals surface area (Å²) in [6.45, 7) is 2.55. The number of nitrogens with two attached hydrogens (primary N) is 1. The van der Waals surface area contributed by atoms with Gasteiger partial charge in [-0.1, -0.05) is 0 Å². The molecule has 0 amide bonds. The predicted octanol–water partition coefficient (Wildman–Crippen LogP) is 1.04. The molecule has 0 aromatic rings. The normalized spacial score (nSPS) is 48.2. The van der Waals surface area contributed by atoms with Crippen LogP contribution in [-0.4, -0.2) is 29.5 Å². The van der Waals surface area contributed by atoms with Crippen molar-refractivity contribution in [2.45, 2.75) is 56.8 Å². The standard InChI is InChI=1S/C12H21NO2/c1-11(14,8-2-3-8)12(7-13)6-9-4-5-10(12)15-9/h8-10,14H,2-7,13H2,1H3. The molecule has 1 aliphatic carbocycles. The van der Waals surface area contributed by atoms with Gasteiger partial charge in [0.25, 0.3) is 0 Å².